The molecule has 0 radical (unpaired) electrons. The number of hydrogen-bond donors (Lipinski definition) is 1. The summed E-state index contributed by atoms with van der Waals surface area (Å²) in [5.41, 5.74) is 3.70. The number of aromatic nitrogens is 1. The first-order chi connectivity index (χ1) is 11.6. The first kappa shape index (κ1) is 15.4. The lowest BCUT2D eigenvalue weighted by Crippen LogP contribution is -2.40. The number of aromatic amines is 1. The van der Waals surface area contributed by atoms with E-state index in [1.54, 1.807) is 0 Å². The molecule has 0 amide bonds. The standard InChI is InChI=1S/C19H16BrNO3/c1-12(22)24-19(13-6-3-2-4-7-13)18-15(10-11-23-19)14-8-5-9-16(20)17(14)21-18/h2-9,21H,10-11H2,1H3. The number of ether oxygens (including phenoxy) is 2. The molecule has 0 aliphatic carbocycles. The first-order valence-electron chi connectivity index (χ1n) is 7.80. The van der Waals surface area contributed by atoms with Crippen LogP contribution in [0.25, 0.3) is 10.9 Å². The highest BCUT2D eigenvalue weighted by Gasteiger charge is 2.45. The van der Waals surface area contributed by atoms with Gasteiger partial charge in [0.1, 0.15) is 0 Å². The normalized spacial score (nSPS) is 19.9. The molecule has 1 aromatic heterocycles. The Morgan fingerprint density at radius 1 is 1.21 bits per heavy atom. The fourth-order valence-electron chi connectivity index (χ4n) is 3.37. The highest BCUT2D eigenvalue weighted by Crippen LogP contribution is 2.43. The highest BCUT2D eigenvalue weighted by atomic mass is 79.9. The molecule has 24 heavy (non-hydrogen) atoms. The lowest BCUT2D eigenvalue weighted by molar-refractivity contribution is -0.222. The molecule has 122 valence electrons. The zero-order chi connectivity index (χ0) is 16.7. The second-order valence-corrected chi connectivity index (χ2v) is 6.67. The van der Waals surface area contributed by atoms with E-state index in [4.69, 9.17) is 9.47 Å². The van der Waals surface area contributed by atoms with Gasteiger partial charge in [0.15, 0.2) is 0 Å². The molecular formula is C19H16BrNO3. The number of nitrogens with one attached hydrogen (secondary N) is 1. The largest absolute Gasteiger partial charge is 0.422 e. The van der Waals surface area contributed by atoms with Crippen molar-refractivity contribution in [2.75, 3.05) is 6.61 Å². The van der Waals surface area contributed by atoms with E-state index in [9.17, 15) is 4.79 Å². The van der Waals surface area contributed by atoms with E-state index < -0.39 is 5.79 Å². The van der Waals surface area contributed by atoms with Gasteiger partial charge in [-0.25, -0.2) is 0 Å². The van der Waals surface area contributed by atoms with E-state index >= 15 is 0 Å². The molecule has 0 saturated carbocycles. The summed E-state index contributed by atoms with van der Waals surface area (Å²) in [6.07, 6.45) is 0.766. The predicted molar refractivity (Wildman–Crippen MR) is 94.6 cm³/mol. The van der Waals surface area contributed by atoms with Crippen molar-refractivity contribution in [1.82, 2.24) is 4.98 Å². The summed E-state index contributed by atoms with van der Waals surface area (Å²) in [4.78, 5) is 15.3. The number of para-hydroxylation sites is 1. The van der Waals surface area contributed by atoms with E-state index in [1.165, 1.54) is 6.92 Å². The minimum Gasteiger partial charge on any atom is -0.422 e. The number of esters is 1. The summed E-state index contributed by atoms with van der Waals surface area (Å²) in [5, 5.41) is 1.12. The van der Waals surface area contributed by atoms with Crippen molar-refractivity contribution in [1.29, 1.82) is 0 Å². The van der Waals surface area contributed by atoms with Gasteiger partial charge in [0.2, 0.25) is 0 Å². The fourth-order valence-corrected chi connectivity index (χ4v) is 3.84. The van der Waals surface area contributed by atoms with Gasteiger partial charge in [0, 0.05) is 22.3 Å². The number of fused-ring (bicyclic) bond motifs is 3. The van der Waals surface area contributed by atoms with Crippen LogP contribution in [0.1, 0.15) is 23.7 Å². The Kier molecular flexibility index (Phi) is 3.70. The Labute approximate surface area is 147 Å². The maximum absolute atomic E-state index is 11.9. The van der Waals surface area contributed by atoms with E-state index in [-0.39, 0.29) is 5.97 Å². The smallest absolute Gasteiger partial charge is 0.305 e. The Morgan fingerprint density at radius 3 is 2.75 bits per heavy atom. The van der Waals surface area contributed by atoms with E-state index in [0.717, 1.165) is 38.6 Å². The Bertz CT molecular complexity index is 919. The highest BCUT2D eigenvalue weighted by molar-refractivity contribution is 9.10. The molecule has 1 aliphatic heterocycles. The molecule has 1 atom stereocenters. The molecule has 1 N–H and O–H groups in total. The van der Waals surface area contributed by atoms with Crippen LogP contribution in [0.3, 0.4) is 0 Å². The van der Waals surface area contributed by atoms with E-state index in [1.807, 2.05) is 42.5 Å². The molecule has 2 heterocycles. The summed E-state index contributed by atoms with van der Waals surface area (Å²) in [6, 6.07) is 15.7. The molecule has 4 rings (SSSR count). The van der Waals surface area contributed by atoms with Gasteiger partial charge >= 0.3 is 5.97 Å². The quantitative estimate of drug-likeness (QED) is 0.670. The van der Waals surface area contributed by atoms with Crippen LogP contribution >= 0.6 is 15.9 Å². The van der Waals surface area contributed by atoms with Crippen LogP contribution < -0.4 is 0 Å². The van der Waals surface area contributed by atoms with Crippen LogP contribution in [0, 0.1) is 0 Å². The van der Waals surface area contributed by atoms with Crippen LogP contribution in [0.15, 0.2) is 53.0 Å². The molecule has 1 unspecified atom stereocenters. The van der Waals surface area contributed by atoms with Gasteiger partial charge in [-0.2, -0.15) is 0 Å². The number of H-pyrrole nitrogens is 1. The van der Waals surface area contributed by atoms with Gasteiger partial charge in [-0.15, -0.1) is 0 Å². The van der Waals surface area contributed by atoms with E-state index in [0.29, 0.717) is 6.61 Å². The Balaban J connectivity index is 2.02. The molecule has 0 spiro atoms. The molecular weight excluding hydrogens is 370 g/mol. The third-order valence-corrected chi connectivity index (χ3v) is 4.98. The number of carbonyl (C=O) groups is 1. The molecule has 0 fully saturated rings. The number of hydrogen-bond acceptors (Lipinski definition) is 3. The minimum atomic E-state index is -1.24. The summed E-state index contributed by atoms with van der Waals surface area (Å²) in [7, 11) is 0. The topological polar surface area (TPSA) is 51.3 Å². The van der Waals surface area contributed by atoms with Crippen molar-refractivity contribution in [2.45, 2.75) is 19.1 Å². The number of benzene rings is 2. The SMILES string of the molecule is CC(=O)OC1(c2ccccc2)OCCc2c1[nH]c1c(Br)cccc21. The Hall–Kier alpha value is -2.11. The van der Waals surface area contributed by atoms with Gasteiger partial charge in [-0.3, -0.25) is 4.79 Å². The summed E-state index contributed by atoms with van der Waals surface area (Å²) in [6.45, 7) is 1.88. The predicted octanol–water partition coefficient (Wildman–Crippen LogP) is 4.27. The van der Waals surface area contributed by atoms with Crippen LogP contribution in [-0.4, -0.2) is 17.6 Å². The minimum absolute atomic E-state index is 0.385. The third-order valence-electron chi connectivity index (χ3n) is 4.32. The Morgan fingerprint density at radius 2 is 2.00 bits per heavy atom. The third kappa shape index (κ3) is 2.27. The van der Waals surface area contributed by atoms with Crippen molar-refractivity contribution >= 4 is 32.8 Å². The van der Waals surface area contributed by atoms with Crippen molar-refractivity contribution in [3.8, 4) is 0 Å². The average molecular weight is 386 g/mol. The maximum atomic E-state index is 11.9. The molecule has 1 aliphatic rings. The molecule has 0 saturated heterocycles. The second kappa shape index (κ2) is 5.76. The number of halogens is 1. The molecule has 2 aromatic carbocycles. The summed E-state index contributed by atoms with van der Waals surface area (Å²) >= 11 is 3.59. The average Bonchev–Trinajstić information content (AvgIpc) is 2.97. The maximum Gasteiger partial charge on any atom is 0.305 e. The van der Waals surface area contributed by atoms with Gasteiger partial charge in [0.25, 0.3) is 5.79 Å². The van der Waals surface area contributed by atoms with E-state index in [2.05, 4.69) is 27.0 Å². The van der Waals surface area contributed by atoms with Crippen molar-refractivity contribution in [3.63, 3.8) is 0 Å². The number of carbonyl (C=O) groups excluding carboxylic acids is 1. The number of rotatable bonds is 2. The van der Waals surface area contributed by atoms with Crippen molar-refractivity contribution in [2.24, 2.45) is 0 Å². The van der Waals surface area contributed by atoms with Gasteiger partial charge < -0.3 is 14.5 Å². The molecule has 5 heteroatoms. The van der Waals surface area contributed by atoms with Crippen molar-refractivity contribution < 1.29 is 14.3 Å². The summed E-state index contributed by atoms with van der Waals surface area (Å²) in [5.74, 6) is -1.62. The van der Waals surface area contributed by atoms with Crippen LogP contribution in [0.5, 0.6) is 0 Å². The second-order valence-electron chi connectivity index (χ2n) is 5.82. The van der Waals surface area contributed by atoms with Crippen molar-refractivity contribution in [3.05, 3.63) is 69.8 Å². The van der Waals surface area contributed by atoms with Crippen LogP contribution in [-0.2, 0) is 26.5 Å². The summed E-state index contributed by atoms with van der Waals surface area (Å²) < 4.78 is 12.8. The zero-order valence-electron chi connectivity index (χ0n) is 13.1. The fraction of sp³-hybridized carbons (Fsp3) is 0.211. The monoisotopic (exact) mass is 385 g/mol. The van der Waals surface area contributed by atoms with Crippen LogP contribution in [0.2, 0.25) is 0 Å². The zero-order valence-corrected chi connectivity index (χ0v) is 14.7. The molecule has 0 bridgehead atoms. The van der Waals surface area contributed by atoms with Gasteiger partial charge in [0.05, 0.1) is 17.8 Å². The van der Waals surface area contributed by atoms with Gasteiger partial charge in [-0.1, -0.05) is 42.5 Å². The van der Waals surface area contributed by atoms with Gasteiger partial charge in [-0.05, 0) is 34.0 Å². The molecule has 4 nitrogen and oxygen atoms in total. The lowest BCUT2D eigenvalue weighted by Gasteiger charge is -2.36. The lowest BCUT2D eigenvalue weighted by atomic mass is 9.94. The van der Waals surface area contributed by atoms with Crippen LogP contribution in [0.4, 0.5) is 0 Å². The molecule has 3 aromatic rings. The first-order valence-corrected chi connectivity index (χ1v) is 8.60.